The summed E-state index contributed by atoms with van der Waals surface area (Å²) in [5.74, 6) is 0.340. The molecule has 4 heteroatoms. The topological polar surface area (TPSA) is 61.4 Å². The number of aromatic hydroxyl groups is 1. The standard InChI is InChI=1S/C20H22N2O2/c23-16-9-8-14-11-19(21-12-15(14)10-16)20(24)22-18-7-3-5-13-4-1-2-6-17(13)18/h1-2,4,6,8-10,18-19,21,23H,3,5,7,11-12H2,(H,22,24)/t18-,19-/m1/s1. The molecule has 2 aromatic rings. The number of fused-ring (bicyclic) bond motifs is 2. The molecule has 124 valence electrons. The Hall–Kier alpha value is -2.33. The van der Waals surface area contributed by atoms with Crippen molar-refractivity contribution in [3.63, 3.8) is 0 Å². The lowest BCUT2D eigenvalue weighted by Gasteiger charge is -2.30. The smallest absolute Gasteiger partial charge is 0.237 e. The molecule has 2 aliphatic rings. The molecule has 1 aliphatic carbocycles. The number of hydrogen-bond donors (Lipinski definition) is 3. The van der Waals surface area contributed by atoms with Gasteiger partial charge in [0.1, 0.15) is 5.75 Å². The molecule has 0 spiro atoms. The first-order valence-corrected chi connectivity index (χ1v) is 8.63. The highest BCUT2D eigenvalue weighted by Crippen LogP contribution is 2.30. The number of rotatable bonds is 2. The van der Waals surface area contributed by atoms with Crippen LogP contribution in [0.3, 0.4) is 0 Å². The van der Waals surface area contributed by atoms with E-state index in [0.29, 0.717) is 13.0 Å². The summed E-state index contributed by atoms with van der Waals surface area (Å²) in [5, 5.41) is 16.1. The Balaban J connectivity index is 1.47. The molecule has 0 saturated heterocycles. The summed E-state index contributed by atoms with van der Waals surface area (Å²) in [4.78, 5) is 12.7. The van der Waals surface area contributed by atoms with Crippen molar-refractivity contribution in [2.24, 2.45) is 0 Å². The van der Waals surface area contributed by atoms with Crippen molar-refractivity contribution in [2.75, 3.05) is 0 Å². The van der Waals surface area contributed by atoms with Crippen LogP contribution >= 0.6 is 0 Å². The molecule has 1 heterocycles. The fourth-order valence-electron chi connectivity index (χ4n) is 3.86. The Morgan fingerprint density at radius 1 is 1.12 bits per heavy atom. The van der Waals surface area contributed by atoms with Crippen molar-refractivity contribution in [3.05, 3.63) is 64.7 Å². The summed E-state index contributed by atoms with van der Waals surface area (Å²) >= 11 is 0. The van der Waals surface area contributed by atoms with Crippen LogP contribution in [0.2, 0.25) is 0 Å². The molecule has 4 nitrogen and oxygen atoms in total. The minimum atomic E-state index is -0.212. The van der Waals surface area contributed by atoms with Gasteiger partial charge in [0, 0.05) is 6.54 Å². The van der Waals surface area contributed by atoms with Gasteiger partial charge in [-0.25, -0.2) is 0 Å². The highest BCUT2D eigenvalue weighted by Gasteiger charge is 2.28. The van der Waals surface area contributed by atoms with E-state index in [1.807, 2.05) is 12.1 Å². The number of amides is 1. The number of benzene rings is 2. The molecule has 0 bridgehead atoms. The second-order valence-corrected chi connectivity index (χ2v) is 6.74. The molecule has 4 rings (SSSR count). The molecule has 24 heavy (non-hydrogen) atoms. The van der Waals surface area contributed by atoms with Crippen LogP contribution in [0.4, 0.5) is 0 Å². The Morgan fingerprint density at radius 3 is 2.92 bits per heavy atom. The summed E-state index contributed by atoms with van der Waals surface area (Å²) in [6, 6.07) is 13.7. The summed E-state index contributed by atoms with van der Waals surface area (Å²) in [7, 11) is 0. The second kappa shape index (κ2) is 6.29. The number of hydrogen-bond acceptors (Lipinski definition) is 3. The minimum Gasteiger partial charge on any atom is -0.508 e. The van der Waals surface area contributed by atoms with E-state index in [1.54, 1.807) is 12.1 Å². The highest BCUT2D eigenvalue weighted by atomic mass is 16.3. The van der Waals surface area contributed by atoms with Crippen LogP contribution in [0.15, 0.2) is 42.5 Å². The lowest BCUT2D eigenvalue weighted by atomic mass is 9.87. The van der Waals surface area contributed by atoms with E-state index in [4.69, 9.17) is 0 Å². The Labute approximate surface area is 141 Å². The zero-order valence-corrected chi connectivity index (χ0v) is 13.6. The molecular formula is C20H22N2O2. The molecule has 0 saturated carbocycles. The molecule has 0 radical (unpaired) electrons. The van der Waals surface area contributed by atoms with Crippen molar-refractivity contribution in [3.8, 4) is 5.75 Å². The number of aryl methyl sites for hydroxylation is 1. The quantitative estimate of drug-likeness (QED) is 0.796. The Bertz CT molecular complexity index is 772. The maximum atomic E-state index is 12.7. The van der Waals surface area contributed by atoms with Gasteiger partial charge in [0.05, 0.1) is 12.1 Å². The first-order valence-electron chi connectivity index (χ1n) is 8.63. The largest absolute Gasteiger partial charge is 0.508 e. The SMILES string of the molecule is O=C(N[C@@H]1CCCc2ccccc21)[C@H]1Cc2ccc(O)cc2CN1. The second-order valence-electron chi connectivity index (χ2n) is 6.74. The molecule has 3 N–H and O–H groups in total. The number of nitrogens with one attached hydrogen (secondary N) is 2. The Morgan fingerprint density at radius 2 is 2.00 bits per heavy atom. The molecular weight excluding hydrogens is 300 g/mol. The van der Waals surface area contributed by atoms with E-state index >= 15 is 0 Å². The van der Waals surface area contributed by atoms with Crippen LogP contribution in [0.25, 0.3) is 0 Å². The molecule has 0 aromatic heterocycles. The highest BCUT2D eigenvalue weighted by molar-refractivity contribution is 5.83. The fraction of sp³-hybridized carbons (Fsp3) is 0.350. The van der Waals surface area contributed by atoms with Gasteiger partial charge in [-0.2, -0.15) is 0 Å². The number of carbonyl (C=O) groups is 1. The zero-order chi connectivity index (χ0) is 16.5. The van der Waals surface area contributed by atoms with Crippen LogP contribution in [0.5, 0.6) is 5.75 Å². The van der Waals surface area contributed by atoms with Crippen molar-refractivity contribution < 1.29 is 9.90 Å². The first-order chi connectivity index (χ1) is 11.7. The zero-order valence-electron chi connectivity index (χ0n) is 13.6. The molecule has 1 amide bonds. The van der Waals surface area contributed by atoms with Crippen molar-refractivity contribution in [1.29, 1.82) is 0 Å². The maximum absolute atomic E-state index is 12.7. The minimum absolute atomic E-state index is 0.0652. The lowest BCUT2D eigenvalue weighted by Crippen LogP contribution is -2.48. The third kappa shape index (κ3) is 2.89. The normalized spacial score (nSPS) is 22.3. The van der Waals surface area contributed by atoms with E-state index in [0.717, 1.165) is 30.4 Å². The van der Waals surface area contributed by atoms with Crippen LogP contribution in [-0.4, -0.2) is 17.1 Å². The maximum Gasteiger partial charge on any atom is 0.237 e. The molecule has 1 aliphatic heterocycles. The van der Waals surface area contributed by atoms with Crippen molar-refractivity contribution in [1.82, 2.24) is 10.6 Å². The predicted molar refractivity (Wildman–Crippen MR) is 92.7 cm³/mol. The van der Waals surface area contributed by atoms with Gasteiger partial charge in [-0.05, 0) is 60.1 Å². The van der Waals surface area contributed by atoms with Gasteiger partial charge < -0.3 is 15.7 Å². The molecule has 2 aromatic carbocycles. The van der Waals surface area contributed by atoms with E-state index in [9.17, 15) is 9.90 Å². The predicted octanol–water partition coefficient (Wildman–Crippen LogP) is 2.60. The van der Waals surface area contributed by atoms with Gasteiger partial charge in [-0.15, -0.1) is 0 Å². The summed E-state index contributed by atoms with van der Waals surface area (Å²) in [5.41, 5.74) is 4.82. The first kappa shape index (κ1) is 15.2. The van der Waals surface area contributed by atoms with Gasteiger partial charge in [-0.1, -0.05) is 30.3 Å². The van der Waals surface area contributed by atoms with Crippen molar-refractivity contribution in [2.45, 2.75) is 44.3 Å². The van der Waals surface area contributed by atoms with Crippen molar-refractivity contribution >= 4 is 5.91 Å². The summed E-state index contributed by atoms with van der Waals surface area (Å²) in [6.07, 6.45) is 3.87. The number of carbonyl (C=O) groups excluding carboxylic acids is 1. The van der Waals surface area contributed by atoms with E-state index in [-0.39, 0.29) is 23.7 Å². The summed E-state index contributed by atoms with van der Waals surface area (Å²) < 4.78 is 0. The van der Waals surface area contributed by atoms with Crippen LogP contribution in [-0.2, 0) is 24.2 Å². The fourth-order valence-corrected chi connectivity index (χ4v) is 3.86. The van der Waals surface area contributed by atoms with E-state index < -0.39 is 0 Å². The molecule has 2 atom stereocenters. The number of phenols is 1. The Kier molecular flexibility index (Phi) is 3.98. The molecule has 0 fully saturated rings. The molecule has 0 unspecified atom stereocenters. The lowest BCUT2D eigenvalue weighted by molar-refractivity contribution is -0.124. The number of phenolic OH excluding ortho intramolecular Hbond substituents is 1. The van der Waals surface area contributed by atoms with Crippen LogP contribution < -0.4 is 10.6 Å². The third-order valence-corrected chi connectivity index (χ3v) is 5.16. The average Bonchev–Trinajstić information content (AvgIpc) is 2.61. The van der Waals surface area contributed by atoms with Gasteiger partial charge in [-0.3, -0.25) is 4.79 Å². The average molecular weight is 322 g/mol. The van der Waals surface area contributed by atoms with E-state index in [2.05, 4.69) is 28.8 Å². The van der Waals surface area contributed by atoms with E-state index in [1.165, 1.54) is 11.1 Å². The third-order valence-electron chi connectivity index (χ3n) is 5.16. The summed E-state index contributed by atoms with van der Waals surface area (Å²) in [6.45, 7) is 0.614. The van der Waals surface area contributed by atoms with Crippen LogP contribution in [0.1, 0.15) is 41.1 Å². The van der Waals surface area contributed by atoms with Gasteiger partial charge in [0.15, 0.2) is 0 Å². The van der Waals surface area contributed by atoms with Gasteiger partial charge in [0.2, 0.25) is 5.91 Å². The monoisotopic (exact) mass is 322 g/mol. The van der Waals surface area contributed by atoms with Crippen LogP contribution in [0, 0.1) is 0 Å². The van der Waals surface area contributed by atoms with Gasteiger partial charge >= 0.3 is 0 Å². The van der Waals surface area contributed by atoms with Gasteiger partial charge in [0.25, 0.3) is 0 Å².